The van der Waals surface area contributed by atoms with Crippen molar-refractivity contribution in [3.05, 3.63) is 61.0 Å². The molecule has 0 saturated heterocycles. The molecular weight excluding hydrogens is 573 g/mol. The van der Waals surface area contributed by atoms with E-state index in [1.807, 2.05) is 19.9 Å². The molecule has 2 unspecified atom stereocenters. The van der Waals surface area contributed by atoms with Crippen LogP contribution in [0.25, 0.3) is 5.82 Å². The molecule has 2 aromatic rings. The Hall–Kier alpha value is -1.72. The van der Waals surface area contributed by atoms with E-state index in [9.17, 15) is 9.59 Å². The van der Waals surface area contributed by atoms with Crippen molar-refractivity contribution in [1.29, 1.82) is 0 Å². The highest BCUT2D eigenvalue weighted by Gasteiger charge is 2.41. The van der Waals surface area contributed by atoms with Crippen LogP contribution in [0.15, 0.2) is 50.3 Å². The van der Waals surface area contributed by atoms with Gasteiger partial charge in [0.25, 0.3) is 5.91 Å². The summed E-state index contributed by atoms with van der Waals surface area (Å²) in [6.45, 7) is 3.79. The van der Waals surface area contributed by atoms with Crippen molar-refractivity contribution in [1.82, 2.24) is 25.4 Å². The monoisotopic (exact) mass is 589 g/mol. The number of carbonyl (C=O) groups is 2. The molecule has 2 aromatic heterocycles. The first-order valence-corrected chi connectivity index (χ1v) is 10.9. The van der Waals surface area contributed by atoms with Crippen molar-refractivity contribution in [2.45, 2.75) is 19.4 Å². The minimum atomic E-state index is -0.915. The lowest BCUT2D eigenvalue weighted by molar-refractivity contribution is -0.117. The van der Waals surface area contributed by atoms with Crippen molar-refractivity contribution >= 4 is 61.9 Å². The fourth-order valence-corrected chi connectivity index (χ4v) is 4.54. The van der Waals surface area contributed by atoms with Crippen molar-refractivity contribution in [3.63, 3.8) is 0 Å². The van der Waals surface area contributed by atoms with Gasteiger partial charge in [-0.3, -0.25) is 9.59 Å². The number of aromatic nitrogens is 3. The lowest BCUT2D eigenvalue weighted by Gasteiger charge is -2.39. The maximum Gasteiger partial charge on any atom is 0.270 e. The fourth-order valence-electron chi connectivity index (χ4n) is 3.11. The third-order valence-corrected chi connectivity index (χ3v) is 6.21. The highest BCUT2D eigenvalue weighted by molar-refractivity contribution is 14.1. The number of allylic oxidation sites excluding steroid dienone is 2. The molecule has 0 aliphatic heterocycles. The van der Waals surface area contributed by atoms with Crippen LogP contribution in [0.3, 0.4) is 0 Å². The van der Waals surface area contributed by atoms with Gasteiger partial charge in [-0.2, -0.15) is 5.10 Å². The normalized spacial score (nSPS) is 21.2. The summed E-state index contributed by atoms with van der Waals surface area (Å²) in [5.41, 5.74) is -0.193. The molecule has 0 saturated carbocycles. The minimum absolute atomic E-state index is 0.117. The average Bonchev–Trinajstić information content (AvgIpc) is 3.06. The Balaban J connectivity index is 2.02. The second-order valence-corrected chi connectivity index (χ2v) is 9.17. The van der Waals surface area contributed by atoms with E-state index in [1.165, 1.54) is 4.68 Å². The highest BCUT2D eigenvalue weighted by Crippen LogP contribution is 2.35. The second kappa shape index (κ2) is 8.57. The van der Waals surface area contributed by atoms with E-state index < -0.39 is 11.4 Å². The topological polar surface area (TPSA) is 88.9 Å². The van der Waals surface area contributed by atoms with E-state index >= 15 is 0 Å². The third kappa shape index (κ3) is 4.26. The Morgan fingerprint density at radius 3 is 2.76 bits per heavy atom. The molecular formula is C19H18BrClIN5O2. The zero-order valence-corrected chi connectivity index (χ0v) is 20.3. The summed E-state index contributed by atoms with van der Waals surface area (Å²) in [4.78, 5) is 30.0. The van der Waals surface area contributed by atoms with Crippen molar-refractivity contribution in [2.24, 2.45) is 5.92 Å². The van der Waals surface area contributed by atoms with E-state index in [4.69, 9.17) is 11.6 Å². The summed E-state index contributed by atoms with van der Waals surface area (Å²) >= 11 is 11.7. The number of rotatable bonds is 4. The van der Waals surface area contributed by atoms with E-state index in [0.29, 0.717) is 21.0 Å². The Morgan fingerprint density at radius 1 is 1.38 bits per heavy atom. The molecule has 2 atom stereocenters. The Bertz CT molecular complexity index is 1050. The van der Waals surface area contributed by atoms with Crippen LogP contribution in [0, 0.1) is 5.92 Å². The number of carbonyl (C=O) groups excluding carboxylic acids is 2. The standard InChI is InChI=1S/C19H18BrClIN5O2/c1-10-7-11(22)8-12(17(28)23-3)19(10,2)25-18(29)14-9-15(20)26-27(14)16-13(21)5-4-6-24-16/h4-10H,1-3H3,(H,23,28)(H,25,29). The van der Waals surface area contributed by atoms with Gasteiger partial charge in [-0.1, -0.05) is 24.6 Å². The van der Waals surface area contributed by atoms with Gasteiger partial charge in [0.1, 0.15) is 10.3 Å². The molecule has 152 valence electrons. The van der Waals surface area contributed by atoms with E-state index in [0.717, 1.165) is 3.58 Å². The Kier molecular flexibility index (Phi) is 6.49. The molecule has 10 heteroatoms. The number of nitrogens with one attached hydrogen (secondary N) is 2. The first kappa shape index (κ1) is 22.0. The third-order valence-electron chi connectivity index (χ3n) is 4.86. The molecule has 1 aliphatic rings. The molecule has 1 aliphatic carbocycles. The molecule has 0 aromatic carbocycles. The van der Waals surface area contributed by atoms with Crippen LogP contribution in [0.5, 0.6) is 0 Å². The van der Waals surface area contributed by atoms with Crippen LogP contribution in [-0.2, 0) is 4.79 Å². The molecule has 2 amide bonds. The predicted octanol–water partition coefficient (Wildman–Crippen LogP) is 3.81. The molecule has 3 rings (SSSR count). The molecule has 0 bridgehead atoms. The van der Waals surface area contributed by atoms with Crippen LogP contribution < -0.4 is 10.6 Å². The minimum Gasteiger partial charge on any atom is -0.355 e. The molecule has 2 N–H and O–H groups in total. The summed E-state index contributed by atoms with van der Waals surface area (Å²) in [6.07, 6.45) is 5.36. The van der Waals surface area contributed by atoms with Gasteiger partial charge in [0.15, 0.2) is 5.82 Å². The summed E-state index contributed by atoms with van der Waals surface area (Å²) < 4.78 is 2.78. The molecule has 0 radical (unpaired) electrons. The van der Waals surface area contributed by atoms with Gasteiger partial charge in [0.2, 0.25) is 5.91 Å². The number of hydrogen-bond acceptors (Lipinski definition) is 4. The number of halogens is 3. The maximum absolute atomic E-state index is 13.3. The van der Waals surface area contributed by atoms with Gasteiger partial charge in [0, 0.05) is 34.4 Å². The lowest BCUT2D eigenvalue weighted by Crippen LogP contribution is -2.55. The smallest absolute Gasteiger partial charge is 0.270 e. The maximum atomic E-state index is 13.3. The fraction of sp³-hybridized carbons (Fsp3) is 0.263. The first-order valence-electron chi connectivity index (χ1n) is 8.68. The Labute approximate surface area is 195 Å². The van der Waals surface area contributed by atoms with Crippen LogP contribution in [0.4, 0.5) is 0 Å². The van der Waals surface area contributed by atoms with E-state index in [2.05, 4.69) is 59.2 Å². The number of pyridine rings is 1. The molecule has 0 fully saturated rings. The van der Waals surface area contributed by atoms with Gasteiger partial charge < -0.3 is 10.6 Å². The summed E-state index contributed by atoms with van der Waals surface area (Å²) in [7, 11) is 1.57. The van der Waals surface area contributed by atoms with Gasteiger partial charge >= 0.3 is 0 Å². The Morgan fingerprint density at radius 2 is 2.10 bits per heavy atom. The zero-order chi connectivity index (χ0) is 21.3. The van der Waals surface area contributed by atoms with Crippen molar-refractivity contribution < 1.29 is 9.59 Å². The summed E-state index contributed by atoms with van der Waals surface area (Å²) in [6, 6.07) is 4.95. The quantitative estimate of drug-likeness (QED) is 0.531. The van der Waals surface area contributed by atoms with Crippen LogP contribution in [0.2, 0.25) is 5.02 Å². The average molecular weight is 591 g/mol. The van der Waals surface area contributed by atoms with E-state index in [1.54, 1.807) is 37.5 Å². The molecule has 29 heavy (non-hydrogen) atoms. The largest absolute Gasteiger partial charge is 0.355 e. The van der Waals surface area contributed by atoms with Crippen LogP contribution in [0.1, 0.15) is 24.3 Å². The van der Waals surface area contributed by atoms with Crippen molar-refractivity contribution in [3.8, 4) is 5.82 Å². The number of amides is 2. The number of nitrogens with zero attached hydrogens (tertiary/aromatic N) is 3. The van der Waals surface area contributed by atoms with Crippen LogP contribution >= 0.6 is 50.1 Å². The highest BCUT2D eigenvalue weighted by atomic mass is 127. The second-order valence-electron chi connectivity index (χ2n) is 6.71. The van der Waals surface area contributed by atoms with E-state index in [-0.39, 0.29) is 17.5 Å². The predicted molar refractivity (Wildman–Crippen MR) is 123 cm³/mol. The zero-order valence-electron chi connectivity index (χ0n) is 15.8. The van der Waals surface area contributed by atoms with Gasteiger partial charge in [0.05, 0.1) is 10.6 Å². The van der Waals surface area contributed by atoms with Gasteiger partial charge in [-0.05, 0) is 63.7 Å². The first-order chi connectivity index (χ1) is 13.7. The SMILES string of the molecule is CNC(=O)C1=CC(I)=CC(C)C1(C)NC(=O)c1cc(Br)nn1-c1ncccc1Cl. The summed E-state index contributed by atoms with van der Waals surface area (Å²) in [5.74, 6) is -0.430. The van der Waals surface area contributed by atoms with Gasteiger partial charge in [-0.25, -0.2) is 9.67 Å². The lowest BCUT2D eigenvalue weighted by atomic mass is 9.76. The number of hydrogen-bond donors (Lipinski definition) is 2. The molecule has 7 nitrogen and oxygen atoms in total. The molecule has 2 heterocycles. The number of likely N-dealkylation sites (N-methyl/N-ethyl adjacent to an activating group) is 1. The summed E-state index contributed by atoms with van der Waals surface area (Å²) in [5, 5.41) is 10.3. The molecule has 0 spiro atoms. The van der Waals surface area contributed by atoms with Crippen LogP contribution in [-0.4, -0.2) is 39.2 Å². The van der Waals surface area contributed by atoms with Crippen molar-refractivity contribution in [2.75, 3.05) is 7.05 Å². The van der Waals surface area contributed by atoms with Gasteiger partial charge in [-0.15, -0.1) is 0 Å².